The number of carbonyl (C=O) groups is 1. The van der Waals surface area contributed by atoms with Gasteiger partial charge in [0.25, 0.3) is 5.91 Å². The molecule has 4 aromatic rings. The van der Waals surface area contributed by atoms with E-state index in [4.69, 9.17) is 0 Å². The zero-order valence-corrected chi connectivity index (χ0v) is 19.1. The lowest BCUT2D eigenvalue weighted by Gasteiger charge is -2.10. The standard InChI is InChI=1S/C23H21FN6O4S/c24-35(32,33)34-20-7-2-1-4-16(20)10-13-26-23(31)18-5-3-6-19(14-18)27-15-21-28-22(30-29-21)17-8-11-25-12-9-17/h1-9,11-12,14,27H,10,13,15H2,(H,26,31)(H,28,29,30). The molecular formula is C23H21FN6O4S. The average molecular weight is 497 g/mol. The normalized spacial score (nSPS) is 11.1. The molecule has 3 N–H and O–H groups in total. The number of benzene rings is 2. The molecule has 2 aromatic carbocycles. The minimum Gasteiger partial charge on any atom is -0.378 e. The van der Waals surface area contributed by atoms with Gasteiger partial charge >= 0.3 is 10.5 Å². The Hall–Kier alpha value is -4.32. The van der Waals surface area contributed by atoms with Gasteiger partial charge in [0.1, 0.15) is 5.75 Å². The number of aromatic amines is 1. The van der Waals surface area contributed by atoms with Gasteiger partial charge in [0.15, 0.2) is 11.6 Å². The number of aromatic nitrogens is 4. The molecule has 0 aliphatic rings. The van der Waals surface area contributed by atoms with Crippen LogP contribution in [0, 0.1) is 0 Å². The number of H-pyrrole nitrogens is 1. The van der Waals surface area contributed by atoms with Crippen molar-refractivity contribution in [3.8, 4) is 17.1 Å². The van der Waals surface area contributed by atoms with Gasteiger partial charge in [-0.05, 0) is 48.4 Å². The highest BCUT2D eigenvalue weighted by molar-refractivity contribution is 7.81. The maximum Gasteiger partial charge on any atom is 0.488 e. The summed E-state index contributed by atoms with van der Waals surface area (Å²) >= 11 is 0. The molecule has 0 saturated carbocycles. The summed E-state index contributed by atoms with van der Waals surface area (Å²) < 4.78 is 38.8. The second kappa shape index (κ2) is 10.7. The van der Waals surface area contributed by atoms with Crippen molar-refractivity contribution in [2.45, 2.75) is 13.0 Å². The second-order valence-electron chi connectivity index (χ2n) is 7.36. The molecular weight excluding hydrogens is 475 g/mol. The minimum atomic E-state index is -5.14. The van der Waals surface area contributed by atoms with Gasteiger partial charge in [0.05, 0.1) is 6.54 Å². The predicted octanol–water partition coefficient (Wildman–Crippen LogP) is 3.04. The van der Waals surface area contributed by atoms with E-state index >= 15 is 0 Å². The predicted molar refractivity (Wildman–Crippen MR) is 127 cm³/mol. The number of nitrogens with one attached hydrogen (secondary N) is 3. The van der Waals surface area contributed by atoms with E-state index < -0.39 is 10.5 Å². The average Bonchev–Trinajstić information content (AvgIpc) is 3.33. The van der Waals surface area contributed by atoms with E-state index in [0.29, 0.717) is 35.0 Å². The Bertz CT molecular complexity index is 1410. The molecule has 0 fully saturated rings. The molecule has 0 radical (unpaired) electrons. The van der Waals surface area contributed by atoms with Gasteiger partial charge in [-0.2, -0.15) is 13.5 Å². The second-order valence-corrected chi connectivity index (χ2v) is 8.31. The summed E-state index contributed by atoms with van der Waals surface area (Å²) in [6.45, 7) is 0.541. The molecule has 35 heavy (non-hydrogen) atoms. The van der Waals surface area contributed by atoms with Gasteiger partial charge in [-0.3, -0.25) is 14.9 Å². The SMILES string of the molecule is O=C(NCCc1ccccc1OS(=O)(=O)F)c1cccc(NCc2n[nH]c(-c3ccncc3)n2)c1. The number of pyridine rings is 1. The van der Waals surface area contributed by atoms with Gasteiger partial charge in [-0.15, -0.1) is 0 Å². The van der Waals surface area contributed by atoms with Crippen molar-refractivity contribution < 1.29 is 21.3 Å². The fourth-order valence-electron chi connectivity index (χ4n) is 3.28. The van der Waals surface area contributed by atoms with E-state index in [2.05, 4.69) is 35.0 Å². The van der Waals surface area contributed by atoms with Crippen molar-refractivity contribution >= 4 is 22.1 Å². The maximum absolute atomic E-state index is 12.9. The van der Waals surface area contributed by atoms with E-state index in [1.165, 1.54) is 12.1 Å². The monoisotopic (exact) mass is 496 g/mol. The summed E-state index contributed by atoms with van der Waals surface area (Å²) in [4.78, 5) is 21.0. The highest BCUT2D eigenvalue weighted by Gasteiger charge is 2.14. The summed E-state index contributed by atoms with van der Waals surface area (Å²) in [5.74, 6) is 0.758. The quantitative estimate of drug-likeness (QED) is 0.285. The van der Waals surface area contributed by atoms with Crippen LogP contribution in [0.2, 0.25) is 0 Å². The number of anilines is 1. The third-order valence-electron chi connectivity index (χ3n) is 4.90. The van der Waals surface area contributed by atoms with Gasteiger partial charge in [-0.1, -0.05) is 28.2 Å². The Morgan fingerprint density at radius 3 is 2.66 bits per heavy atom. The Balaban J connectivity index is 1.31. The molecule has 2 aromatic heterocycles. The number of carbonyl (C=O) groups excluding carboxylic acids is 1. The smallest absolute Gasteiger partial charge is 0.378 e. The van der Waals surface area contributed by atoms with Gasteiger partial charge in [0.2, 0.25) is 0 Å². The summed E-state index contributed by atoms with van der Waals surface area (Å²) in [6, 6.07) is 16.7. The number of amides is 1. The highest BCUT2D eigenvalue weighted by Crippen LogP contribution is 2.21. The van der Waals surface area contributed by atoms with Crippen molar-refractivity contribution in [2.75, 3.05) is 11.9 Å². The number of hydrogen-bond acceptors (Lipinski definition) is 8. The molecule has 4 rings (SSSR count). The molecule has 2 heterocycles. The molecule has 180 valence electrons. The fraction of sp³-hybridized carbons (Fsp3) is 0.130. The molecule has 0 saturated heterocycles. The van der Waals surface area contributed by atoms with Crippen molar-refractivity contribution in [3.05, 3.63) is 90.0 Å². The van der Waals surface area contributed by atoms with Crippen molar-refractivity contribution in [3.63, 3.8) is 0 Å². The van der Waals surface area contributed by atoms with Crippen LogP contribution in [0.5, 0.6) is 5.75 Å². The van der Waals surface area contributed by atoms with Crippen LogP contribution in [0.3, 0.4) is 0 Å². The molecule has 10 nitrogen and oxygen atoms in total. The number of para-hydroxylation sites is 1. The summed E-state index contributed by atoms with van der Waals surface area (Å²) in [5.41, 5.74) is 2.46. The van der Waals surface area contributed by atoms with Gasteiger partial charge in [0, 0.05) is 35.8 Å². The van der Waals surface area contributed by atoms with Crippen molar-refractivity contribution in [1.82, 2.24) is 25.5 Å². The van der Waals surface area contributed by atoms with E-state index in [-0.39, 0.29) is 24.6 Å². The van der Waals surface area contributed by atoms with Gasteiger partial charge < -0.3 is 14.8 Å². The third-order valence-corrected chi connectivity index (χ3v) is 5.28. The fourth-order valence-corrected chi connectivity index (χ4v) is 3.65. The summed E-state index contributed by atoms with van der Waals surface area (Å²) in [7, 11) is -5.14. The van der Waals surface area contributed by atoms with Crippen LogP contribution in [-0.2, 0) is 23.5 Å². The first-order chi connectivity index (χ1) is 16.9. The molecule has 12 heteroatoms. The lowest BCUT2D eigenvalue weighted by Crippen LogP contribution is -2.26. The lowest BCUT2D eigenvalue weighted by molar-refractivity contribution is 0.0954. The minimum absolute atomic E-state index is 0.116. The molecule has 0 atom stereocenters. The topological polar surface area (TPSA) is 139 Å². The van der Waals surface area contributed by atoms with Crippen LogP contribution in [0.1, 0.15) is 21.7 Å². The van der Waals surface area contributed by atoms with E-state index in [0.717, 1.165) is 5.56 Å². The largest absolute Gasteiger partial charge is 0.488 e. The van der Waals surface area contributed by atoms with E-state index in [9.17, 15) is 17.1 Å². The van der Waals surface area contributed by atoms with E-state index in [1.54, 1.807) is 42.7 Å². The Morgan fingerprint density at radius 2 is 1.86 bits per heavy atom. The van der Waals surface area contributed by atoms with Crippen molar-refractivity contribution in [2.24, 2.45) is 0 Å². The maximum atomic E-state index is 12.9. The number of halogens is 1. The zero-order valence-electron chi connectivity index (χ0n) is 18.3. The van der Waals surface area contributed by atoms with E-state index in [1.807, 2.05) is 18.2 Å². The Morgan fingerprint density at radius 1 is 1.06 bits per heavy atom. The molecule has 1 amide bonds. The number of hydrogen-bond donors (Lipinski definition) is 3. The van der Waals surface area contributed by atoms with Crippen LogP contribution in [0.15, 0.2) is 73.1 Å². The van der Waals surface area contributed by atoms with Crippen LogP contribution in [0.25, 0.3) is 11.4 Å². The van der Waals surface area contributed by atoms with Crippen LogP contribution in [-0.4, -0.2) is 41.0 Å². The Labute approximate surface area is 201 Å². The molecule has 0 aliphatic heterocycles. The van der Waals surface area contributed by atoms with Crippen LogP contribution >= 0.6 is 0 Å². The summed E-state index contributed by atoms with van der Waals surface area (Å²) in [5, 5.41) is 13.0. The third kappa shape index (κ3) is 6.84. The first-order valence-electron chi connectivity index (χ1n) is 10.5. The van der Waals surface area contributed by atoms with Crippen LogP contribution in [0.4, 0.5) is 9.57 Å². The van der Waals surface area contributed by atoms with Gasteiger partial charge in [-0.25, -0.2) is 4.98 Å². The first-order valence-corrected chi connectivity index (χ1v) is 11.8. The Kier molecular flexibility index (Phi) is 7.31. The first kappa shape index (κ1) is 23.8. The zero-order chi connectivity index (χ0) is 24.7. The number of nitrogens with zero attached hydrogens (tertiary/aromatic N) is 3. The molecule has 0 unspecified atom stereocenters. The highest BCUT2D eigenvalue weighted by atomic mass is 32.3. The number of rotatable bonds is 10. The van der Waals surface area contributed by atoms with Crippen molar-refractivity contribution in [1.29, 1.82) is 0 Å². The molecule has 0 bridgehead atoms. The summed E-state index contributed by atoms with van der Waals surface area (Å²) in [6.07, 6.45) is 3.60. The van der Waals surface area contributed by atoms with Crippen LogP contribution < -0.4 is 14.8 Å². The molecule has 0 aliphatic carbocycles. The molecule has 0 spiro atoms. The lowest BCUT2D eigenvalue weighted by atomic mass is 10.1.